The lowest BCUT2D eigenvalue weighted by atomic mass is 10.1. The molecule has 27 heavy (non-hydrogen) atoms. The zero-order chi connectivity index (χ0) is 18.4. The van der Waals surface area contributed by atoms with Gasteiger partial charge in [0.25, 0.3) is 5.91 Å². The van der Waals surface area contributed by atoms with Crippen molar-refractivity contribution in [1.82, 2.24) is 9.99 Å². The van der Waals surface area contributed by atoms with Crippen molar-refractivity contribution in [2.75, 3.05) is 6.79 Å². The summed E-state index contributed by atoms with van der Waals surface area (Å²) in [5.74, 6) is 0.772. The van der Waals surface area contributed by atoms with Gasteiger partial charge in [0.2, 0.25) is 12.0 Å². The third-order valence-electron chi connectivity index (χ3n) is 4.07. The van der Waals surface area contributed by atoms with E-state index in [-0.39, 0.29) is 18.2 Å². The highest BCUT2D eigenvalue weighted by atomic mass is 32.2. The topological polar surface area (TPSA) is 100 Å². The number of carbonyl (C=O) groups excluding carboxylic acids is 1. The van der Waals surface area contributed by atoms with Crippen LogP contribution in [0.3, 0.4) is 0 Å². The number of nitrogens with one attached hydrogen (secondary N) is 1. The van der Waals surface area contributed by atoms with Crippen molar-refractivity contribution in [3.05, 3.63) is 59.4 Å². The molecule has 9 heteroatoms. The number of benzene rings is 1. The Balaban J connectivity index is 1.49. The van der Waals surface area contributed by atoms with E-state index in [0.29, 0.717) is 27.3 Å². The monoisotopic (exact) mass is 377 g/mol. The molecule has 3 aliphatic rings. The molecule has 5 rings (SSSR count). The molecule has 0 spiro atoms. The fourth-order valence-electron chi connectivity index (χ4n) is 2.77. The van der Waals surface area contributed by atoms with Crippen molar-refractivity contribution in [3.63, 3.8) is 0 Å². The predicted molar refractivity (Wildman–Crippen MR) is 101 cm³/mol. The van der Waals surface area contributed by atoms with Crippen molar-refractivity contribution < 1.29 is 14.3 Å². The van der Waals surface area contributed by atoms with Gasteiger partial charge in [0.05, 0.1) is 5.57 Å². The normalized spacial score (nSPS) is 19.3. The van der Waals surface area contributed by atoms with E-state index in [0.717, 1.165) is 5.56 Å². The summed E-state index contributed by atoms with van der Waals surface area (Å²) in [6.07, 6.45) is 4.96. The zero-order valence-corrected chi connectivity index (χ0v) is 14.6. The second-order valence-electron chi connectivity index (χ2n) is 5.78. The van der Waals surface area contributed by atoms with Crippen LogP contribution in [0.1, 0.15) is 11.1 Å². The Bertz CT molecular complexity index is 1080. The molecule has 1 aromatic heterocycles. The SMILES string of the molecule is N=C1/C(=C/c2ccc3c(c2)OCO3)C(=O)N=C2SC(c3cccnc3)=NN12. The van der Waals surface area contributed by atoms with E-state index in [2.05, 4.69) is 15.1 Å². The molecule has 0 unspecified atom stereocenters. The van der Waals surface area contributed by atoms with Crippen molar-refractivity contribution >= 4 is 39.8 Å². The lowest BCUT2D eigenvalue weighted by molar-refractivity contribution is -0.114. The van der Waals surface area contributed by atoms with Crippen LogP contribution in [0.2, 0.25) is 0 Å². The van der Waals surface area contributed by atoms with E-state index in [9.17, 15) is 4.79 Å². The molecule has 0 aliphatic carbocycles. The molecule has 3 aliphatic heterocycles. The van der Waals surface area contributed by atoms with Crippen LogP contribution in [0.5, 0.6) is 11.5 Å². The average Bonchev–Trinajstić information content (AvgIpc) is 3.32. The summed E-state index contributed by atoms with van der Waals surface area (Å²) in [5, 5.41) is 15.2. The van der Waals surface area contributed by atoms with Crippen LogP contribution in [0, 0.1) is 5.41 Å². The number of aliphatic imine (C=N–C) groups is 1. The van der Waals surface area contributed by atoms with Crippen LogP contribution in [-0.2, 0) is 4.79 Å². The standard InChI is InChI=1S/C18H11N5O3S/c19-15-12(6-10-3-4-13-14(7-10)26-9-25-13)16(24)21-18-23(15)22-17(27-18)11-2-1-5-20-8-11/h1-8,19H,9H2/b12-6-,19-15?. The molecular formula is C18H11N5O3S. The second kappa shape index (κ2) is 6.06. The maximum atomic E-state index is 12.5. The highest BCUT2D eigenvalue weighted by Gasteiger charge is 2.36. The number of amides is 1. The molecule has 0 fully saturated rings. The number of aromatic nitrogens is 1. The summed E-state index contributed by atoms with van der Waals surface area (Å²) in [4.78, 5) is 20.6. The van der Waals surface area contributed by atoms with E-state index in [4.69, 9.17) is 14.9 Å². The van der Waals surface area contributed by atoms with Crippen LogP contribution < -0.4 is 9.47 Å². The Morgan fingerprint density at radius 2 is 2.11 bits per heavy atom. The van der Waals surface area contributed by atoms with Gasteiger partial charge < -0.3 is 9.47 Å². The summed E-state index contributed by atoms with van der Waals surface area (Å²) >= 11 is 1.24. The molecule has 2 aromatic rings. The highest BCUT2D eigenvalue weighted by molar-refractivity contribution is 8.27. The van der Waals surface area contributed by atoms with Gasteiger partial charge in [-0.05, 0) is 47.7 Å². The molecular weight excluding hydrogens is 366 g/mol. The minimum absolute atomic E-state index is 0.0194. The van der Waals surface area contributed by atoms with Crippen LogP contribution in [-0.4, -0.2) is 38.7 Å². The van der Waals surface area contributed by atoms with Crippen molar-refractivity contribution in [2.45, 2.75) is 0 Å². The van der Waals surface area contributed by atoms with E-state index in [1.807, 2.05) is 6.07 Å². The Labute approximate surface area is 157 Å². The molecule has 4 heterocycles. The maximum absolute atomic E-state index is 12.5. The number of carbonyl (C=O) groups is 1. The summed E-state index contributed by atoms with van der Waals surface area (Å²) < 4.78 is 10.6. The number of fused-ring (bicyclic) bond motifs is 2. The minimum Gasteiger partial charge on any atom is -0.454 e. The smallest absolute Gasteiger partial charge is 0.283 e. The third-order valence-corrected chi connectivity index (χ3v) is 5.03. The second-order valence-corrected chi connectivity index (χ2v) is 6.74. The lowest BCUT2D eigenvalue weighted by Crippen LogP contribution is -2.35. The lowest BCUT2D eigenvalue weighted by Gasteiger charge is -2.20. The van der Waals surface area contributed by atoms with Gasteiger partial charge in [0.15, 0.2) is 17.3 Å². The molecule has 0 bridgehead atoms. The molecule has 1 amide bonds. The van der Waals surface area contributed by atoms with Crippen LogP contribution in [0.4, 0.5) is 0 Å². The molecule has 1 aromatic carbocycles. The minimum atomic E-state index is -0.473. The third kappa shape index (κ3) is 2.68. The van der Waals surface area contributed by atoms with Gasteiger partial charge >= 0.3 is 0 Å². The molecule has 8 nitrogen and oxygen atoms in total. The Hall–Kier alpha value is -3.46. The van der Waals surface area contributed by atoms with Gasteiger partial charge in [-0.2, -0.15) is 15.1 Å². The number of rotatable bonds is 2. The molecule has 0 saturated carbocycles. The quantitative estimate of drug-likeness (QED) is 0.807. The van der Waals surface area contributed by atoms with Gasteiger partial charge in [-0.3, -0.25) is 15.2 Å². The number of hydrazone groups is 1. The fraction of sp³-hybridized carbons (Fsp3) is 0.0556. The summed E-state index contributed by atoms with van der Waals surface area (Å²) in [6, 6.07) is 9.00. The molecule has 1 N–H and O–H groups in total. The van der Waals surface area contributed by atoms with Gasteiger partial charge in [0, 0.05) is 18.0 Å². The Morgan fingerprint density at radius 1 is 1.22 bits per heavy atom. The van der Waals surface area contributed by atoms with Gasteiger partial charge in [-0.1, -0.05) is 6.07 Å². The zero-order valence-electron chi connectivity index (χ0n) is 13.7. The largest absolute Gasteiger partial charge is 0.454 e. The molecule has 0 saturated heterocycles. The van der Waals surface area contributed by atoms with Gasteiger partial charge in [0.1, 0.15) is 5.04 Å². The summed E-state index contributed by atoms with van der Waals surface area (Å²) in [5.41, 5.74) is 1.69. The highest BCUT2D eigenvalue weighted by Crippen LogP contribution is 2.34. The number of amidine groups is 2. The van der Waals surface area contributed by atoms with Gasteiger partial charge in [-0.25, -0.2) is 0 Å². The average molecular weight is 377 g/mol. The predicted octanol–water partition coefficient (Wildman–Crippen LogP) is 2.48. The molecule has 0 radical (unpaired) electrons. The Kier molecular flexibility index (Phi) is 3.54. The van der Waals surface area contributed by atoms with E-state index < -0.39 is 5.91 Å². The number of ether oxygens (including phenoxy) is 2. The van der Waals surface area contributed by atoms with Crippen molar-refractivity contribution in [3.8, 4) is 11.5 Å². The first-order valence-corrected chi connectivity index (χ1v) is 8.81. The first-order valence-electron chi connectivity index (χ1n) is 7.99. The first-order chi connectivity index (χ1) is 13.2. The van der Waals surface area contributed by atoms with Crippen LogP contribution >= 0.6 is 11.8 Å². The van der Waals surface area contributed by atoms with E-state index >= 15 is 0 Å². The number of hydrogen-bond acceptors (Lipinski definition) is 7. The van der Waals surface area contributed by atoms with Crippen molar-refractivity contribution in [1.29, 1.82) is 5.41 Å². The van der Waals surface area contributed by atoms with Crippen LogP contribution in [0.25, 0.3) is 6.08 Å². The van der Waals surface area contributed by atoms with Crippen LogP contribution in [0.15, 0.2) is 58.4 Å². The number of pyridine rings is 1. The first kappa shape index (κ1) is 15.8. The summed E-state index contributed by atoms with van der Waals surface area (Å²) in [7, 11) is 0. The molecule has 132 valence electrons. The number of thioether (sulfide) groups is 1. The number of hydrogen-bond donors (Lipinski definition) is 1. The number of nitrogens with zero attached hydrogens (tertiary/aromatic N) is 4. The summed E-state index contributed by atoms with van der Waals surface area (Å²) in [6.45, 7) is 0.175. The Morgan fingerprint density at radius 3 is 2.96 bits per heavy atom. The van der Waals surface area contributed by atoms with Gasteiger partial charge in [-0.15, -0.1) is 0 Å². The van der Waals surface area contributed by atoms with Crippen molar-refractivity contribution in [2.24, 2.45) is 10.1 Å². The van der Waals surface area contributed by atoms with E-state index in [1.54, 1.807) is 42.7 Å². The fourth-order valence-corrected chi connectivity index (χ4v) is 3.65. The molecule has 0 atom stereocenters. The maximum Gasteiger partial charge on any atom is 0.283 e. The van der Waals surface area contributed by atoms with E-state index in [1.165, 1.54) is 16.8 Å².